The van der Waals surface area contributed by atoms with E-state index in [-0.39, 0.29) is 5.91 Å². The smallest absolute Gasteiger partial charge is 0.246 e. The molecule has 0 saturated heterocycles. The average molecular weight is 358 g/mol. The molecule has 27 heavy (non-hydrogen) atoms. The van der Waals surface area contributed by atoms with Crippen molar-refractivity contribution in [2.24, 2.45) is 0 Å². The summed E-state index contributed by atoms with van der Waals surface area (Å²) in [6.07, 6.45) is 0.876. The molecule has 0 heterocycles. The molecule has 1 amide bonds. The topological polar surface area (TPSA) is 41.1 Å². The summed E-state index contributed by atoms with van der Waals surface area (Å²) in [6.45, 7) is 4.76. The highest BCUT2D eigenvalue weighted by Crippen LogP contribution is 2.20. The quantitative estimate of drug-likeness (QED) is 0.636. The van der Waals surface area contributed by atoms with Gasteiger partial charge in [0.25, 0.3) is 0 Å². The highest BCUT2D eigenvalue weighted by molar-refractivity contribution is 5.96. The summed E-state index contributed by atoms with van der Waals surface area (Å²) in [5, 5.41) is 6.52. The minimum Gasteiger partial charge on any atom is -0.324 e. The van der Waals surface area contributed by atoms with Gasteiger partial charge in [-0.25, -0.2) is 0 Å². The normalized spacial score (nSPS) is 11.8. The van der Waals surface area contributed by atoms with E-state index >= 15 is 0 Å². The fourth-order valence-corrected chi connectivity index (χ4v) is 3.09. The fraction of sp³-hybridized carbons (Fsp3) is 0.208. The van der Waals surface area contributed by atoms with Crippen LogP contribution < -0.4 is 10.6 Å². The number of aryl methyl sites for hydroxylation is 2. The second-order valence-electron chi connectivity index (χ2n) is 6.84. The van der Waals surface area contributed by atoms with Gasteiger partial charge in [0.1, 0.15) is 6.04 Å². The average Bonchev–Trinajstić information content (AvgIpc) is 2.69. The van der Waals surface area contributed by atoms with E-state index in [0.29, 0.717) is 0 Å². The monoisotopic (exact) mass is 358 g/mol. The summed E-state index contributed by atoms with van der Waals surface area (Å²) < 4.78 is 0. The predicted molar refractivity (Wildman–Crippen MR) is 112 cm³/mol. The second kappa shape index (κ2) is 9.15. The van der Waals surface area contributed by atoms with Gasteiger partial charge in [-0.3, -0.25) is 4.79 Å². The molecule has 0 bridgehead atoms. The Morgan fingerprint density at radius 2 is 1.56 bits per heavy atom. The molecule has 0 aromatic heterocycles. The van der Waals surface area contributed by atoms with E-state index in [1.165, 1.54) is 5.56 Å². The van der Waals surface area contributed by atoms with Gasteiger partial charge in [0.2, 0.25) is 5.91 Å². The minimum atomic E-state index is -0.394. The number of anilines is 1. The van der Waals surface area contributed by atoms with Crippen LogP contribution >= 0.6 is 0 Å². The third-order valence-corrected chi connectivity index (χ3v) is 4.65. The van der Waals surface area contributed by atoms with Gasteiger partial charge >= 0.3 is 0 Å². The van der Waals surface area contributed by atoms with Crippen LogP contribution in [0.5, 0.6) is 0 Å². The third kappa shape index (κ3) is 5.28. The van der Waals surface area contributed by atoms with Gasteiger partial charge in [-0.1, -0.05) is 72.8 Å². The zero-order chi connectivity index (χ0) is 19.1. The van der Waals surface area contributed by atoms with Crippen LogP contribution in [0.2, 0.25) is 0 Å². The summed E-state index contributed by atoms with van der Waals surface area (Å²) in [6, 6.07) is 25.9. The number of hydrogen-bond acceptors (Lipinski definition) is 2. The fourth-order valence-electron chi connectivity index (χ4n) is 3.09. The van der Waals surface area contributed by atoms with Crippen molar-refractivity contribution in [3.05, 3.63) is 101 Å². The molecule has 0 aliphatic heterocycles. The van der Waals surface area contributed by atoms with Crippen molar-refractivity contribution in [1.82, 2.24) is 5.32 Å². The first kappa shape index (κ1) is 18.9. The molecule has 0 radical (unpaired) electrons. The molecule has 0 fully saturated rings. The Balaban J connectivity index is 1.73. The Hall–Kier alpha value is -2.91. The second-order valence-corrected chi connectivity index (χ2v) is 6.84. The number of nitrogens with one attached hydrogen (secondary N) is 2. The minimum absolute atomic E-state index is 0.0389. The van der Waals surface area contributed by atoms with Crippen molar-refractivity contribution in [3.8, 4) is 0 Å². The molecular formula is C24H26N2O. The third-order valence-electron chi connectivity index (χ3n) is 4.65. The highest BCUT2D eigenvalue weighted by atomic mass is 16.2. The molecule has 3 rings (SSSR count). The van der Waals surface area contributed by atoms with Crippen molar-refractivity contribution in [2.45, 2.75) is 26.3 Å². The summed E-state index contributed by atoms with van der Waals surface area (Å²) in [4.78, 5) is 13.0. The van der Waals surface area contributed by atoms with Crippen molar-refractivity contribution in [3.63, 3.8) is 0 Å². The molecule has 3 aromatic carbocycles. The molecule has 1 atom stereocenters. The van der Waals surface area contributed by atoms with Gasteiger partial charge in [-0.05, 0) is 48.6 Å². The lowest BCUT2D eigenvalue weighted by molar-refractivity contribution is -0.118. The van der Waals surface area contributed by atoms with Crippen LogP contribution in [0.4, 0.5) is 5.69 Å². The summed E-state index contributed by atoms with van der Waals surface area (Å²) in [7, 11) is 0. The van der Waals surface area contributed by atoms with E-state index in [2.05, 4.69) is 28.8 Å². The zero-order valence-electron chi connectivity index (χ0n) is 15.9. The molecule has 0 unspecified atom stereocenters. The molecule has 2 N–H and O–H groups in total. The number of carbonyl (C=O) groups is 1. The van der Waals surface area contributed by atoms with Gasteiger partial charge in [0.05, 0.1) is 0 Å². The molecule has 0 aliphatic rings. The van der Waals surface area contributed by atoms with Crippen molar-refractivity contribution in [2.75, 3.05) is 11.9 Å². The maximum atomic E-state index is 13.0. The van der Waals surface area contributed by atoms with E-state index in [9.17, 15) is 4.79 Å². The Labute approximate surface area is 161 Å². The Morgan fingerprint density at radius 3 is 2.26 bits per heavy atom. The molecule has 3 heteroatoms. The van der Waals surface area contributed by atoms with Gasteiger partial charge in [-0.15, -0.1) is 0 Å². The SMILES string of the molecule is Cc1ccc(C)c(NC(=O)[C@@H](NCCc2ccccc2)c2ccccc2)c1. The summed E-state index contributed by atoms with van der Waals surface area (Å²) in [5.41, 5.74) is 5.28. The molecule has 0 aliphatic carbocycles. The molecule has 138 valence electrons. The van der Waals surface area contributed by atoms with Crippen molar-refractivity contribution >= 4 is 11.6 Å². The first-order chi connectivity index (χ1) is 13.1. The summed E-state index contributed by atoms with van der Waals surface area (Å²) in [5.74, 6) is -0.0389. The number of rotatable bonds is 7. The van der Waals surface area contributed by atoms with Crippen LogP contribution in [0.15, 0.2) is 78.9 Å². The van der Waals surface area contributed by atoms with E-state index in [1.807, 2.05) is 74.5 Å². The zero-order valence-corrected chi connectivity index (χ0v) is 15.9. The van der Waals surface area contributed by atoms with Crippen LogP contribution in [0.1, 0.15) is 28.3 Å². The largest absolute Gasteiger partial charge is 0.324 e. The molecule has 0 saturated carbocycles. The number of benzene rings is 3. The number of carbonyl (C=O) groups excluding carboxylic acids is 1. The summed E-state index contributed by atoms with van der Waals surface area (Å²) >= 11 is 0. The van der Waals surface area contributed by atoms with E-state index in [4.69, 9.17) is 0 Å². The first-order valence-electron chi connectivity index (χ1n) is 9.34. The first-order valence-corrected chi connectivity index (χ1v) is 9.34. The van der Waals surface area contributed by atoms with E-state index in [0.717, 1.165) is 35.3 Å². The lowest BCUT2D eigenvalue weighted by atomic mass is 10.0. The van der Waals surface area contributed by atoms with Gasteiger partial charge in [-0.2, -0.15) is 0 Å². The van der Waals surface area contributed by atoms with E-state index in [1.54, 1.807) is 0 Å². The number of hydrogen-bond donors (Lipinski definition) is 2. The van der Waals surface area contributed by atoms with Gasteiger partial charge in [0.15, 0.2) is 0 Å². The molecule has 3 aromatic rings. The van der Waals surface area contributed by atoms with Crippen LogP contribution in [-0.2, 0) is 11.2 Å². The maximum Gasteiger partial charge on any atom is 0.246 e. The molecule has 3 nitrogen and oxygen atoms in total. The number of amides is 1. The van der Waals surface area contributed by atoms with Gasteiger partial charge < -0.3 is 10.6 Å². The highest BCUT2D eigenvalue weighted by Gasteiger charge is 2.20. The Morgan fingerprint density at radius 1 is 0.889 bits per heavy atom. The van der Waals surface area contributed by atoms with Crippen LogP contribution in [0.3, 0.4) is 0 Å². The molecular weight excluding hydrogens is 332 g/mol. The Bertz CT molecular complexity index is 875. The molecule has 0 spiro atoms. The van der Waals surface area contributed by atoms with Crippen molar-refractivity contribution in [1.29, 1.82) is 0 Å². The maximum absolute atomic E-state index is 13.0. The lowest BCUT2D eigenvalue weighted by Crippen LogP contribution is -2.34. The van der Waals surface area contributed by atoms with E-state index < -0.39 is 6.04 Å². The van der Waals surface area contributed by atoms with Gasteiger partial charge in [0, 0.05) is 12.2 Å². The Kier molecular flexibility index (Phi) is 6.39. The van der Waals surface area contributed by atoms with Crippen molar-refractivity contribution < 1.29 is 4.79 Å². The van der Waals surface area contributed by atoms with Crippen LogP contribution in [-0.4, -0.2) is 12.5 Å². The standard InChI is InChI=1S/C24H26N2O/c1-18-13-14-19(2)22(17-18)26-24(27)23(21-11-7-4-8-12-21)25-16-15-20-9-5-3-6-10-20/h3-14,17,23,25H,15-16H2,1-2H3,(H,26,27)/t23-/m0/s1. The van der Waals surface area contributed by atoms with Crippen LogP contribution in [0, 0.1) is 13.8 Å². The lowest BCUT2D eigenvalue weighted by Gasteiger charge is -2.20. The predicted octanol–water partition coefficient (Wildman–Crippen LogP) is 4.82. The van der Waals surface area contributed by atoms with Crippen LogP contribution in [0.25, 0.3) is 0 Å².